The molecule has 0 spiro atoms. The Hall–Kier alpha value is -4.38. The molecule has 3 aromatic rings. The van der Waals surface area contributed by atoms with Crippen LogP contribution in [0.2, 0.25) is 0 Å². The molecule has 10 nitrogen and oxygen atoms in total. The molecule has 0 saturated heterocycles. The summed E-state index contributed by atoms with van der Waals surface area (Å²) in [5.41, 5.74) is 2.61. The lowest BCUT2D eigenvalue weighted by atomic mass is 10.2. The number of benzene rings is 3. The van der Waals surface area contributed by atoms with Gasteiger partial charge in [0, 0.05) is 0 Å². The average molecular weight is 554 g/mol. The largest absolute Gasteiger partial charge is 0.495 e. The third-order valence-electron chi connectivity index (χ3n) is 5.03. The number of carbonyl (C=O) groups excluding carboxylic acids is 2. The molecule has 0 bridgehead atoms. The smallest absolute Gasteiger partial charge is 0.344 e. The van der Waals surface area contributed by atoms with Crippen molar-refractivity contribution in [2.24, 2.45) is 5.10 Å². The normalized spacial score (nSPS) is 11.6. The quantitative estimate of drug-likeness (QED) is 0.218. The molecule has 0 aromatic heterocycles. The maximum absolute atomic E-state index is 13.4. The third-order valence-corrected chi connectivity index (χ3v) is 6.81. The summed E-state index contributed by atoms with van der Waals surface area (Å²) in [4.78, 5) is 24.6. The number of hydrogen-bond donors (Lipinski definition) is 1. The second-order valence-electron chi connectivity index (χ2n) is 9.23. The highest BCUT2D eigenvalue weighted by Gasteiger charge is 2.29. The molecule has 0 aliphatic rings. The minimum absolute atomic E-state index is 0.0289. The highest BCUT2D eigenvalue weighted by molar-refractivity contribution is 7.92. The highest BCUT2D eigenvalue weighted by Crippen LogP contribution is 2.32. The number of methoxy groups -OCH3 is 1. The number of nitrogens with one attached hydrogen (secondary N) is 1. The minimum Gasteiger partial charge on any atom is -0.495 e. The van der Waals surface area contributed by atoms with Gasteiger partial charge in [-0.15, -0.1) is 0 Å². The van der Waals surface area contributed by atoms with Crippen molar-refractivity contribution < 1.29 is 32.2 Å². The first-order valence-corrected chi connectivity index (χ1v) is 13.4. The molecular weight excluding hydrogens is 522 g/mol. The molecule has 0 aliphatic heterocycles. The van der Waals surface area contributed by atoms with E-state index in [2.05, 4.69) is 10.5 Å². The molecule has 0 unspecified atom stereocenters. The van der Waals surface area contributed by atoms with Crippen molar-refractivity contribution in [3.05, 3.63) is 84.4 Å². The summed E-state index contributed by atoms with van der Waals surface area (Å²) in [5, 5.41) is 3.94. The number of sulfonamides is 1. The van der Waals surface area contributed by atoms with Crippen molar-refractivity contribution in [3.8, 4) is 11.5 Å². The van der Waals surface area contributed by atoms with E-state index < -0.39 is 34.0 Å². The number of nitrogens with zero attached hydrogens (tertiary/aromatic N) is 2. The van der Waals surface area contributed by atoms with Crippen LogP contribution < -0.4 is 19.2 Å². The van der Waals surface area contributed by atoms with E-state index in [0.29, 0.717) is 17.1 Å². The van der Waals surface area contributed by atoms with Crippen molar-refractivity contribution in [3.63, 3.8) is 0 Å². The van der Waals surface area contributed by atoms with Gasteiger partial charge in [-0.2, -0.15) is 5.10 Å². The average Bonchev–Trinajstić information content (AvgIpc) is 2.91. The predicted molar refractivity (Wildman–Crippen MR) is 147 cm³/mol. The van der Waals surface area contributed by atoms with Crippen molar-refractivity contribution in [2.45, 2.75) is 31.3 Å². The Morgan fingerprint density at radius 2 is 1.59 bits per heavy atom. The van der Waals surface area contributed by atoms with Crippen LogP contribution in [0.5, 0.6) is 11.5 Å². The van der Waals surface area contributed by atoms with Crippen LogP contribution in [-0.4, -0.2) is 52.4 Å². The molecule has 3 rings (SSSR count). The number of amides is 1. The molecule has 11 heteroatoms. The van der Waals surface area contributed by atoms with Gasteiger partial charge in [0.1, 0.15) is 23.6 Å². The number of anilines is 1. The maximum Gasteiger partial charge on any atom is 0.344 e. The summed E-state index contributed by atoms with van der Waals surface area (Å²) >= 11 is 0. The van der Waals surface area contributed by atoms with Crippen LogP contribution >= 0.6 is 0 Å². The van der Waals surface area contributed by atoms with Crippen molar-refractivity contribution >= 4 is 33.8 Å². The summed E-state index contributed by atoms with van der Waals surface area (Å²) in [6, 6.07) is 21.0. The van der Waals surface area contributed by atoms with Crippen LogP contribution in [0, 0.1) is 0 Å². The molecule has 1 amide bonds. The molecular formula is C28H31N3O7S. The second kappa shape index (κ2) is 12.9. The van der Waals surface area contributed by atoms with E-state index in [9.17, 15) is 18.0 Å². The van der Waals surface area contributed by atoms with Crippen LogP contribution in [-0.2, 0) is 24.3 Å². The molecule has 0 heterocycles. The Morgan fingerprint density at radius 3 is 2.23 bits per heavy atom. The van der Waals surface area contributed by atoms with E-state index in [1.165, 1.54) is 25.5 Å². The lowest BCUT2D eigenvalue weighted by Crippen LogP contribution is -2.39. The van der Waals surface area contributed by atoms with Crippen LogP contribution in [0.1, 0.15) is 26.3 Å². The summed E-state index contributed by atoms with van der Waals surface area (Å²) in [5.74, 6) is -0.385. The molecule has 1 N–H and O–H groups in total. The van der Waals surface area contributed by atoms with Crippen molar-refractivity contribution in [1.82, 2.24) is 5.43 Å². The zero-order valence-corrected chi connectivity index (χ0v) is 23.0. The fourth-order valence-corrected chi connectivity index (χ4v) is 4.82. The Kier molecular flexibility index (Phi) is 9.67. The molecule has 0 aliphatic carbocycles. The van der Waals surface area contributed by atoms with Gasteiger partial charge in [-0.3, -0.25) is 9.10 Å². The first-order chi connectivity index (χ1) is 18.5. The third kappa shape index (κ3) is 8.57. The van der Waals surface area contributed by atoms with Gasteiger partial charge >= 0.3 is 5.97 Å². The number of hydrogen-bond acceptors (Lipinski definition) is 8. The Labute approximate surface area is 228 Å². The van der Waals surface area contributed by atoms with E-state index in [1.807, 2.05) is 0 Å². The number of esters is 1. The van der Waals surface area contributed by atoms with Gasteiger partial charge in [0.05, 0.1) is 23.9 Å². The zero-order chi connectivity index (χ0) is 28.5. The van der Waals surface area contributed by atoms with Gasteiger partial charge in [-0.05, 0) is 74.9 Å². The van der Waals surface area contributed by atoms with Gasteiger partial charge in [-0.1, -0.05) is 30.3 Å². The molecule has 39 heavy (non-hydrogen) atoms. The Morgan fingerprint density at radius 1 is 0.949 bits per heavy atom. The topological polar surface area (TPSA) is 124 Å². The van der Waals surface area contributed by atoms with Crippen LogP contribution in [0.15, 0.2) is 88.9 Å². The number of rotatable bonds is 11. The first kappa shape index (κ1) is 29.2. The van der Waals surface area contributed by atoms with Crippen LogP contribution in [0.3, 0.4) is 0 Å². The first-order valence-electron chi connectivity index (χ1n) is 12.0. The van der Waals surface area contributed by atoms with Gasteiger partial charge < -0.3 is 14.2 Å². The lowest BCUT2D eigenvalue weighted by molar-refractivity contribution is -0.157. The molecule has 0 saturated carbocycles. The fourth-order valence-electron chi connectivity index (χ4n) is 3.36. The van der Waals surface area contributed by atoms with Gasteiger partial charge in [0.15, 0.2) is 6.61 Å². The van der Waals surface area contributed by atoms with Crippen LogP contribution in [0.25, 0.3) is 0 Å². The molecule has 0 fully saturated rings. The fraction of sp³-hybridized carbons (Fsp3) is 0.250. The van der Waals surface area contributed by atoms with Gasteiger partial charge in [0.25, 0.3) is 15.9 Å². The zero-order valence-electron chi connectivity index (χ0n) is 22.2. The van der Waals surface area contributed by atoms with E-state index in [0.717, 1.165) is 4.31 Å². The molecule has 0 radical (unpaired) electrons. The summed E-state index contributed by atoms with van der Waals surface area (Å²) in [6.07, 6.45) is 1.40. The van der Waals surface area contributed by atoms with Crippen LogP contribution in [0.4, 0.5) is 5.69 Å². The van der Waals surface area contributed by atoms with Gasteiger partial charge in [0.2, 0.25) is 0 Å². The van der Waals surface area contributed by atoms with E-state index >= 15 is 0 Å². The predicted octanol–water partition coefficient (Wildman–Crippen LogP) is 3.76. The van der Waals surface area contributed by atoms with E-state index in [-0.39, 0.29) is 17.2 Å². The lowest BCUT2D eigenvalue weighted by Gasteiger charge is -2.25. The van der Waals surface area contributed by atoms with Gasteiger partial charge in [-0.25, -0.2) is 18.6 Å². The van der Waals surface area contributed by atoms with E-state index in [1.54, 1.807) is 87.5 Å². The number of ether oxygens (including phenoxy) is 3. The molecule has 206 valence electrons. The SMILES string of the molecule is COc1ccccc1N(CC(=O)N/N=C\c1ccc(OCC(=O)OC(C)(C)C)cc1)S(=O)(=O)c1ccccc1. The number of carbonyl (C=O) groups is 2. The van der Waals surface area contributed by atoms with Crippen molar-refractivity contribution in [2.75, 3.05) is 24.6 Å². The highest BCUT2D eigenvalue weighted by atomic mass is 32.2. The maximum atomic E-state index is 13.4. The number of para-hydroxylation sites is 2. The standard InChI is InChI=1S/C28H31N3O7S/c1-28(2,3)38-27(33)20-37-22-16-14-21(15-17-22)18-29-30-26(32)19-31(24-12-8-9-13-25(24)36-4)39(34,35)23-10-6-5-7-11-23/h5-18H,19-20H2,1-4H3,(H,30,32)/b29-18-. The summed E-state index contributed by atoms with van der Waals surface area (Å²) in [7, 11) is -2.67. The molecule has 3 aromatic carbocycles. The summed E-state index contributed by atoms with van der Waals surface area (Å²) in [6.45, 7) is 4.56. The Balaban J connectivity index is 1.67. The minimum atomic E-state index is -4.09. The van der Waals surface area contributed by atoms with Crippen molar-refractivity contribution in [1.29, 1.82) is 0 Å². The monoisotopic (exact) mass is 553 g/mol. The summed E-state index contributed by atoms with van der Waals surface area (Å²) < 4.78 is 43.8. The molecule has 0 atom stereocenters. The van der Waals surface area contributed by atoms with E-state index in [4.69, 9.17) is 14.2 Å². The Bertz CT molecular complexity index is 1400. The number of hydrazone groups is 1. The second-order valence-corrected chi connectivity index (χ2v) is 11.1.